The third-order valence-electron chi connectivity index (χ3n) is 2.76. The first kappa shape index (κ1) is 16.5. The zero-order chi connectivity index (χ0) is 16.9. The molecule has 23 heavy (non-hydrogen) atoms. The van der Waals surface area contributed by atoms with E-state index in [1.165, 1.54) is 25.3 Å². The highest BCUT2D eigenvalue weighted by Gasteiger charge is 2.41. The molecule has 1 aromatic carbocycles. The number of carbonyl (C=O) groups is 1. The molecule has 120 valence electrons. The van der Waals surface area contributed by atoms with Gasteiger partial charge in [0.2, 0.25) is 0 Å². The van der Waals surface area contributed by atoms with Crippen LogP contribution >= 0.6 is 0 Å². The molecule has 0 radical (unpaired) electrons. The molecule has 0 saturated carbocycles. The van der Waals surface area contributed by atoms with Crippen LogP contribution < -0.4 is 9.47 Å². The van der Waals surface area contributed by atoms with Gasteiger partial charge in [0.15, 0.2) is 11.5 Å². The minimum absolute atomic E-state index is 0.0192. The Labute approximate surface area is 130 Å². The minimum atomic E-state index is -5.07. The summed E-state index contributed by atoms with van der Waals surface area (Å²) < 4.78 is 45.9. The third-order valence-corrected chi connectivity index (χ3v) is 2.76. The number of esters is 1. The number of rotatable bonds is 4. The van der Waals surface area contributed by atoms with Gasteiger partial charge in [0.1, 0.15) is 0 Å². The molecular weight excluding hydrogens is 311 g/mol. The van der Waals surface area contributed by atoms with Crippen LogP contribution in [0.4, 0.5) is 13.2 Å². The fourth-order valence-electron chi connectivity index (χ4n) is 1.69. The Morgan fingerprint density at radius 3 is 2.52 bits per heavy atom. The molecule has 0 amide bonds. The van der Waals surface area contributed by atoms with E-state index >= 15 is 0 Å². The molecule has 1 heterocycles. The Kier molecular flexibility index (Phi) is 5.00. The predicted octanol–water partition coefficient (Wildman–Crippen LogP) is 3.73. The lowest BCUT2D eigenvalue weighted by Crippen LogP contribution is -2.28. The Balaban J connectivity index is 2.19. The van der Waals surface area contributed by atoms with Gasteiger partial charge < -0.3 is 9.47 Å². The number of hydrogen-bond donors (Lipinski definition) is 0. The van der Waals surface area contributed by atoms with Crippen LogP contribution in [0.3, 0.4) is 0 Å². The molecule has 1 aromatic heterocycles. The zero-order valence-electron chi connectivity index (χ0n) is 12.0. The number of halogens is 3. The summed E-state index contributed by atoms with van der Waals surface area (Å²) in [5.74, 6) is -2.58. The summed E-state index contributed by atoms with van der Waals surface area (Å²) in [6.45, 7) is 0. The van der Waals surface area contributed by atoms with Gasteiger partial charge in [-0.2, -0.15) is 13.2 Å². The average molecular weight is 323 g/mol. The van der Waals surface area contributed by atoms with Gasteiger partial charge in [0.05, 0.1) is 12.8 Å². The zero-order valence-corrected chi connectivity index (χ0v) is 12.0. The number of ether oxygens (including phenoxy) is 2. The smallest absolute Gasteiger partial charge is 0.491 e. The Morgan fingerprint density at radius 2 is 1.91 bits per heavy atom. The number of nitrogens with zero attached hydrogens (tertiary/aromatic N) is 1. The molecule has 0 N–H and O–H groups in total. The van der Waals surface area contributed by atoms with Crippen molar-refractivity contribution in [2.75, 3.05) is 7.11 Å². The number of methoxy groups -OCH3 is 1. The van der Waals surface area contributed by atoms with Crippen LogP contribution in [0, 0.1) is 0 Å². The Bertz CT molecular complexity index is 712. The first-order valence-corrected chi connectivity index (χ1v) is 6.46. The van der Waals surface area contributed by atoms with Crippen molar-refractivity contribution in [2.24, 2.45) is 0 Å². The van der Waals surface area contributed by atoms with E-state index in [0.29, 0.717) is 5.56 Å². The number of aromatic nitrogens is 1. The predicted molar refractivity (Wildman–Crippen MR) is 77.8 cm³/mol. The van der Waals surface area contributed by atoms with Gasteiger partial charge in [-0.05, 0) is 35.9 Å². The van der Waals surface area contributed by atoms with E-state index in [2.05, 4.69) is 9.72 Å². The highest BCUT2D eigenvalue weighted by molar-refractivity contribution is 5.79. The highest BCUT2D eigenvalue weighted by Crippen LogP contribution is 2.30. The van der Waals surface area contributed by atoms with E-state index in [-0.39, 0.29) is 11.5 Å². The van der Waals surface area contributed by atoms with Crippen molar-refractivity contribution in [2.45, 2.75) is 6.18 Å². The standard InChI is InChI=1S/C16H12F3NO3/c1-22-14-10-11(5-7-12-4-2-3-9-20-12)6-8-13(14)23-15(21)16(17,18)19/h2-10H,1H3/b7-5+. The molecule has 0 bridgehead atoms. The molecular formula is C16H12F3NO3. The lowest BCUT2D eigenvalue weighted by molar-refractivity contribution is -0.189. The topological polar surface area (TPSA) is 48.4 Å². The second-order valence-electron chi connectivity index (χ2n) is 4.39. The number of pyridine rings is 1. The average Bonchev–Trinajstić information content (AvgIpc) is 2.54. The van der Waals surface area contributed by atoms with Crippen molar-refractivity contribution in [3.63, 3.8) is 0 Å². The SMILES string of the molecule is COc1cc(/C=C/c2ccccn2)ccc1OC(=O)C(F)(F)F. The summed E-state index contributed by atoms with van der Waals surface area (Å²) in [5.41, 5.74) is 1.37. The molecule has 0 fully saturated rings. The number of carbonyl (C=O) groups excluding carboxylic acids is 1. The summed E-state index contributed by atoms with van der Waals surface area (Å²) >= 11 is 0. The van der Waals surface area contributed by atoms with Crippen LogP contribution in [0.5, 0.6) is 11.5 Å². The normalized spacial score (nSPS) is 11.5. The molecule has 2 rings (SSSR count). The summed E-state index contributed by atoms with van der Waals surface area (Å²) in [4.78, 5) is 15.0. The van der Waals surface area contributed by atoms with E-state index < -0.39 is 12.1 Å². The van der Waals surface area contributed by atoms with Crippen LogP contribution in [-0.4, -0.2) is 24.2 Å². The second-order valence-corrected chi connectivity index (χ2v) is 4.39. The van der Waals surface area contributed by atoms with Gasteiger partial charge in [-0.3, -0.25) is 4.98 Å². The van der Waals surface area contributed by atoms with Crippen LogP contribution in [0.2, 0.25) is 0 Å². The van der Waals surface area contributed by atoms with Gasteiger partial charge in [0.25, 0.3) is 0 Å². The van der Waals surface area contributed by atoms with Crippen LogP contribution in [0.25, 0.3) is 12.2 Å². The van der Waals surface area contributed by atoms with Gasteiger partial charge >= 0.3 is 12.1 Å². The molecule has 4 nitrogen and oxygen atoms in total. The van der Waals surface area contributed by atoms with Crippen molar-refractivity contribution in [3.05, 3.63) is 53.9 Å². The number of alkyl halides is 3. The molecule has 0 unspecified atom stereocenters. The largest absolute Gasteiger partial charge is 0.493 e. The summed E-state index contributed by atoms with van der Waals surface area (Å²) in [5, 5.41) is 0. The minimum Gasteiger partial charge on any atom is -0.493 e. The molecule has 0 aliphatic heterocycles. The molecule has 2 aromatic rings. The van der Waals surface area contributed by atoms with Crippen LogP contribution in [0.1, 0.15) is 11.3 Å². The third kappa shape index (κ3) is 4.57. The van der Waals surface area contributed by atoms with Crippen molar-refractivity contribution in [1.29, 1.82) is 0 Å². The molecule has 0 saturated heterocycles. The van der Waals surface area contributed by atoms with Crippen molar-refractivity contribution < 1.29 is 27.4 Å². The second kappa shape index (κ2) is 6.95. The first-order valence-electron chi connectivity index (χ1n) is 6.46. The number of hydrogen-bond acceptors (Lipinski definition) is 4. The summed E-state index contributed by atoms with van der Waals surface area (Å²) in [6.07, 6.45) is 0.0128. The maximum absolute atomic E-state index is 12.2. The van der Waals surface area contributed by atoms with Crippen LogP contribution in [-0.2, 0) is 4.79 Å². The highest BCUT2D eigenvalue weighted by atomic mass is 19.4. The van der Waals surface area contributed by atoms with Crippen molar-refractivity contribution >= 4 is 18.1 Å². The Hall–Kier alpha value is -2.83. The molecule has 7 heteroatoms. The summed E-state index contributed by atoms with van der Waals surface area (Å²) in [6, 6.07) is 9.60. The number of benzene rings is 1. The van der Waals surface area contributed by atoms with E-state index in [0.717, 1.165) is 5.69 Å². The molecule has 0 spiro atoms. The van der Waals surface area contributed by atoms with E-state index in [4.69, 9.17) is 4.74 Å². The van der Waals surface area contributed by atoms with E-state index in [1.54, 1.807) is 30.5 Å². The van der Waals surface area contributed by atoms with E-state index in [9.17, 15) is 18.0 Å². The molecule has 0 atom stereocenters. The lowest BCUT2D eigenvalue weighted by Gasteiger charge is -2.11. The monoisotopic (exact) mass is 323 g/mol. The lowest BCUT2D eigenvalue weighted by atomic mass is 10.1. The van der Waals surface area contributed by atoms with E-state index in [1.807, 2.05) is 6.07 Å². The maximum Gasteiger partial charge on any atom is 0.491 e. The Morgan fingerprint density at radius 1 is 1.13 bits per heavy atom. The van der Waals surface area contributed by atoms with Crippen molar-refractivity contribution in [1.82, 2.24) is 4.98 Å². The fraction of sp³-hybridized carbons (Fsp3) is 0.125. The van der Waals surface area contributed by atoms with Gasteiger partial charge in [-0.1, -0.05) is 18.2 Å². The van der Waals surface area contributed by atoms with Crippen molar-refractivity contribution in [3.8, 4) is 11.5 Å². The fourth-order valence-corrected chi connectivity index (χ4v) is 1.69. The van der Waals surface area contributed by atoms with Gasteiger partial charge in [-0.15, -0.1) is 0 Å². The molecule has 0 aliphatic carbocycles. The summed E-state index contributed by atoms with van der Waals surface area (Å²) in [7, 11) is 1.27. The maximum atomic E-state index is 12.2. The van der Waals surface area contributed by atoms with Gasteiger partial charge in [0, 0.05) is 6.20 Å². The quantitative estimate of drug-likeness (QED) is 0.635. The van der Waals surface area contributed by atoms with Gasteiger partial charge in [-0.25, -0.2) is 4.79 Å². The molecule has 0 aliphatic rings. The van der Waals surface area contributed by atoms with Crippen LogP contribution in [0.15, 0.2) is 42.6 Å². The first-order chi connectivity index (χ1) is 10.9.